The van der Waals surface area contributed by atoms with E-state index in [4.69, 9.17) is 23.7 Å². The van der Waals surface area contributed by atoms with Crippen LogP contribution in [0, 0.1) is 11.3 Å². The zero-order valence-electron chi connectivity index (χ0n) is 20.2. The van der Waals surface area contributed by atoms with E-state index >= 15 is 0 Å². The van der Waals surface area contributed by atoms with Crippen molar-refractivity contribution in [1.29, 1.82) is 5.26 Å². The van der Waals surface area contributed by atoms with Gasteiger partial charge < -0.3 is 23.7 Å². The number of aryl methyl sites for hydroxylation is 1. The second-order valence-electron chi connectivity index (χ2n) is 7.48. The number of rotatable bonds is 10. The van der Waals surface area contributed by atoms with Crippen molar-refractivity contribution in [3.05, 3.63) is 77.4 Å². The average Bonchev–Trinajstić information content (AvgIpc) is 2.90. The minimum absolute atomic E-state index is 0.199. The van der Waals surface area contributed by atoms with E-state index in [1.807, 2.05) is 18.2 Å². The molecule has 0 saturated carbocycles. The smallest absolute Gasteiger partial charge is 0.311 e. The fourth-order valence-electron chi connectivity index (χ4n) is 3.48. The molecule has 0 radical (unpaired) electrons. The number of nitriles is 1. The minimum Gasteiger partial charge on any atom is -0.493 e. The molecule has 0 bridgehead atoms. The standard InChI is InChI=1S/C28H27NO6/c1-31-24-11-8-19(16-26(24)33-3)9-13-28(30)35-23-7-5-6-20(15-23)14-22(18-29)21-10-12-25(32-2)27(17-21)34-4/h5-8,10-12,14-17H,9,13H2,1-4H3/b22-14-. The van der Waals surface area contributed by atoms with Gasteiger partial charge in [0, 0.05) is 6.42 Å². The predicted molar refractivity (Wildman–Crippen MR) is 133 cm³/mol. The van der Waals surface area contributed by atoms with Gasteiger partial charge in [0.2, 0.25) is 0 Å². The minimum atomic E-state index is -0.360. The Hall–Kier alpha value is -4.44. The lowest BCUT2D eigenvalue weighted by molar-refractivity contribution is -0.134. The molecular weight excluding hydrogens is 446 g/mol. The molecule has 0 saturated heterocycles. The summed E-state index contributed by atoms with van der Waals surface area (Å²) in [5, 5.41) is 9.70. The largest absolute Gasteiger partial charge is 0.493 e. The number of esters is 1. The van der Waals surface area contributed by atoms with Crippen LogP contribution in [-0.2, 0) is 11.2 Å². The molecule has 7 nitrogen and oxygen atoms in total. The molecule has 0 aromatic heterocycles. The number of hydrogen-bond acceptors (Lipinski definition) is 7. The second-order valence-corrected chi connectivity index (χ2v) is 7.48. The summed E-state index contributed by atoms with van der Waals surface area (Å²) in [7, 11) is 6.24. The van der Waals surface area contributed by atoms with E-state index in [2.05, 4.69) is 6.07 Å². The summed E-state index contributed by atoms with van der Waals surface area (Å²) in [5.74, 6) is 2.40. The highest BCUT2D eigenvalue weighted by molar-refractivity contribution is 5.90. The zero-order chi connectivity index (χ0) is 25.2. The molecular formula is C28H27NO6. The van der Waals surface area contributed by atoms with Gasteiger partial charge in [0.05, 0.1) is 40.1 Å². The molecule has 0 N–H and O–H groups in total. The lowest BCUT2D eigenvalue weighted by Crippen LogP contribution is -2.09. The van der Waals surface area contributed by atoms with Gasteiger partial charge in [-0.2, -0.15) is 5.26 Å². The van der Waals surface area contributed by atoms with Gasteiger partial charge in [-0.25, -0.2) is 0 Å². The van der Waals surface area contributed by atoms with Crippen molar-refractivity contribution in [1.82, 2.24) is 0 Å². The highest BCUT2D eigenvalue weighted by Gasteiger charge is 2.11. The van der Waals surface area contributed by atoms with Gasteiger partial charge in [-0.3, -0.25) is 4.79 Å². The van der Waals surface area contributed by atoms with Gasteiger partial charge in [0.25, 0.3) is 0 Å². The first-order chi connectivity index (χ1) is 17.0. The van der Waals surface area contributed by atoms with Crippen molar-refractivity contribution >= 4 is 17.6 Å². The van der Waals surface area contributed by atoms with Crippen LogP contribution < -0.4 is 23.7 Å². The van der Waals surface area contributed by atoms with E-state index in [-0.39, 0.29) is 12.4 Å². The molecule has 0 unspecified atom stereocenters. The summed E-state index contributed by atoms with van der Waals surface area (Å²) >= 11 is 0. The molecule has 3 aromatic rings. The van der Waals surface area contributed by atoms with Crippen LogP contribution in [0.4, 0.5) is 0 Å². The number of carbonyl (C=O) groups is 1. The SMILES string of the molecule is COc1ccc(CCC(=O)Oc2cccc(/C=C(/C#N)c3ccc(OC)c(OC)c3)c2)cc1OC. The van der Waals surface area contributed by atoms with Crippen LogP contribution in [0.3, 0.4) is 0 Å². The normalized spacial score (nSPS) is 10.8. The summed E-state index contributed by atoms with van der Waals surface area (Å²) in [4.78, 5) is 12.4. The highest BCUT2D eigenvalue weighted by atomic mass is 16.5. The van der Waals surface area contributed by atoms with Crippen LogP contribution in [0.25, 0.3) is 11.6 Å². The monoisotopic (exact) mass is 473 g/mol. The molecule has 3 aromatic carbocycles. The van der Waals surface area contributed by atoms with Crippen molar-refractivity contribution in [2.24, 2.45) is 0 Å². The van der Waals surface area contributed by atoms with E-state index in [0.29, 0.717) is 46.3 Å². The summed E-state index contributed by atoms with van der Waals surface area (Å²) in [6.45, 7) is 0. The molecule has 0 fully saturated rings. The average molecular weight is 474 g/mol. The number of allylic oxidation sites excluding steroid dienone is 1. The van der Waals surface area contributed by atoms with Gasteiger partial charge in [-0.15, -0.1) is 0 Å². The Morgan fingerprint density at radius 2 is 1.49 bits per heavy atom. The topological polar surface area (TPSA) is 87.0 Å². The molecule has 0 atom stereocenters. The first kappa shape index (κ1) is 25.2. The Labute approximate surface area is 205 Å². The number of methoxy groups -OCH3 is 4. The van der Waals surface area contributed by atoms with Gasteiger partial charge in [-0.1, -0.05) is 18.2 Å². The van der Waals surface area contributed by atoms with Gasteiger partial charge in [0.1, 0.15) is 5.75 Å². The first-order valence-electron chi connectivity index (χ1n) is 10.9. The number of benzene rings is 3. The van der Waals surface area contributed by atoms with Crippen molar-refractivity contribution < 1.29 is 28.5 Å². The Morgan fingerprint density at radius 3 is 2.14 bits per heavy atom. The molecule has 0 aliphatic rings. The van der Waals surface area contributed by atoms with Crippen LogP contribution in [0.5, 0.6) is 28.7 Å². The molecule has 180 valence electrons. The molecule has 3 rings (SSSR count). The summed E-state index contributed by atoms with van der Waals surface area (Å²) < 4.78 is 26.7. The molecule has 35 heavy (non-hydrogen) atoms. The van der Waals surface area contributed by atoms with Crippen LogP contribution >= 0.6 is 0 Å². The maximum atomic E-state index is 12.4. The fraction of sp³-hybridized carbons (Fsp3) is 0.214. The van der Waals surface area contributed by atoms with Crippen molar-refractivity contribution in [3.8, 4) is 34.8 Å². The van der Waals surface area contributed by atoms with Gasteiger partial charge in [0.15, 0.2) is 23.0 Å². The summed E-state index contributed by atoms with van der Waals surface area (Å²) in [6, 6.07) is 20.0. The number of hydrogen-bond donors (Lipinski definition) is 0. The van der Waals surface area contributed by atoms with Gasteiger partial charge in [-0.05, 0) is 71.7 Å². The molecule has 0 aliphatic heterocycles. The Kier molecular flexibility index (Phi) is 8.74. The van der Waals surface area contributed by atoms with Crippen LogP contribution in [0.2, 0.25) is 0 Å². The van der Waals surface area contributed by atoms with Crippen LogP contribution in [0.15, 0.2) is 60.7 Å². The summed E-state index contributed by atoms with van der Waals surface area (Å²) in [5.41, 5.74) is 2.77. The third kappa shape index (κ3) is 6.55. The fourth-order valence-corrected chi connectivity index (χ4v) is 3.48. The summed E-state index contributed by atoms with van der Waals surface area (Å²) in [6.07, 6.45) is 2.42. The van der Waals surface area contributed by atoms with E-state index in [1.165, 1.54) is 0 Å². The van der Waals surface area contributed by atoms with Crippen LogP contribution in [0.1, 0.15) is 23.1 Å². The Balaban J connectivity index is 1.70. The van der Waals surface area contributed by atoms with Crippen molar-refractivity contribution in [2.75, 3.05) is 28.4 Å². The highest BCUT2D eigenvalue weighted by Crippen LogP contribution is 2.31. The van der Waals surface area contributed by atoms with E-state index in [1.54, 1.807) is 77.0 Å². The zero-order valence-corrected chi connectivity index (χ0v) is 20.2. The van der Waals surface area contributed by atoms with Gasteiger partial charge >= 0.3 is 5.97 Å². The van der Waals surface area contributed by atoms with Crippen molar-refractivity contribution in [2.45, 2.75) is 12.8 Å². The second kappa shape index (κ2) is 12.1. The molecule has 7 heteroatoms. The first-order valence-corrected chi connectivity index (χ1v) is 10.9. The number of ether oxygens (including phenoxy) is 5. The van der Waals surface area contributed by atoms with E-state index < -0.39 is 0 Å². The van der Waals surface area contributed by atoms with Crippen LogP contribution in [-0.4, -0.2) is 34.4 Å². The Morgan fingerprint density at radius 1 is 0.829 bits per heavy atom. The maximum Gasteiger partial charge on any atom is 0.311 e. The van der Waals surface area contributed by atoms with Crippen molar-refractivity contribution in [3.63, 3.8) is 0 Å². The lowest BCUT2D eigenvalue weighted by atomic mass is 10.0. The number of carbonyl (C=O) groups excluding carboxylic acids is 1. The molecule has 0 amide bonds. The molecule has 0 spiro atoms. The lowest BCUT2D eigenvalue weighted by Gasteiger charge is -2.10. The third-order valence-corrected chi connectivity index (χ3v) is 5.28. The Bertz CT molecular complexity index is 1260. The molecule has 0 heterocycles. The number of nitrogens with zero attached hydrogens (tertiary/aromatic N) is 1. The third-order valence-electron chi connectivity index (χ3n) is 5.28. The maximum absolute atomic E-state index is 12.4. The van der Waals surface area contributed by atoms with E-state index in [9.17, 15) is 10.1 Å². The quantitative estimate of drug-likeness (QED) is 0.170. The molecule has 0 aliphatic carbocycles. The van der Waals surface area contributed by atoms with E-state index in [0.717, 1.165) is 11.1 Å². The predicted octanol–water partition coefficient (Wildman–Crippen LogP) is 5.32.